The average Bonchev–Trinajstić information content (AvgIpc) is 3.31. The Kier molecular flexibility index (Phi) is 5.49. The molecular weight excluding hydrogens is 270 g/mol. The van der Waals surface area contributed by atoms with Gasteiger partial charge in [-0.3, -0.25) is 4.79 Å². The van der Waals surface area contributed by atoms with Crippen LogP contribution in [0, 0.1) is 5.92 Å². The molecule has 1 aliphatic carbocycles. The number of nitrogens with one attached hydrogen (secondary N) is 1. The van der Waals surface area contributed by atoms with E-state index in [1.807, 2.05) is 13.0 Å². The third-order valence-electron chi connectivity index (χ3n) is 3.76. The zero-order valence-corrected chi connectivity index (χ0v) is 13.0. The monoisotopic (exact) mass is 293 g/mol. The first-order chi connectivity index (χ1) is 9.73. The van der Waals surface area contributed by atoms with Gasteiger partial charge < -0.3 is 10.1 Å². The van der Waals surface area contributed by atoms with E-state index < -0.39 is 5.54 Å². The maximum absolute atomic E-state index is 12.2. The van der Waals surface area contributed by atoms with Crippen LogP contribution < -0.4 is 5.32 Å². The summed E-state index contributed by atoms with van der Waals surface area (Å²) in [5.41, 5.74) is 0.798. The van der Waals surface area contributed by atoms with Crippen molar-refractivity contribution in [1.82, 2.24) is 5.32 Å². The highest BCUT2D eigenvalue weighted by Gasteiger charge is 2.51. The lowest BCUT2D eigenvalue weighted by molar-refractivity contribution is -0.148. The zero-order chi connectivity index (χ0) is 14.4. The summed E-state index contributed by atoms with van der Waals surface area (Å²) in [5.74, 6) is 2.02. The van der Waals surface area contributed by atoms with Crippen LogP contribution in [0.25, 0.3) is 0 Å². The normalized spacial score (nSPS) is 17.5. The van der Waals surface area contributed by atoms with Gasteiger partial charge in [0, 0.05) is 11.5 Å². The third-order valence-corrected chi connectivity index (χ3v) is 4.95. The number of benzene rings is 1. The molecule has 1 fully saturated rings. The van der Waals surface area contributed by atoms with E-state index in [-0.39, 0.29) is 5.97 Å². The average molecular weight is 293 g/mol. The van der Waals surface area contributed by atoms with Crippen LogP contribution in [-0.2, 0) is 15.3 Å². The van der Waals surface area contributed by atoms with Gasteiger partial charge in [0.05, 0.1) is 7.11 Å². The highest BCUT2D eigenvalue weighted by molar-refractivity contribution is 7.98. The molecule has 3 nitrogen and oxygen atoms in total. The number of thioether (sulfide) groups is 1. The fourth-order valence-corrected chi connectivity index (χ4v) is 3.90. The summed E-state index contributed by atoms with van der Waals surface area (Å²) in [6, 6.07) is 10.4. The number of carbonyl (C=O) groups is 1. The second-order valence-corrected chi connectivity index (χ2v) is 6.23. The van der Waals surface area contributed by atoms with Crippen molar-refractivity contribution in [2.24, 2.45) is 5.92 Å². The SMILES string of the molecule is CCNC(CSCc1ccccc1)(C(=O)OC)C1CC1. The highest BCUT2D eigenvalue weighted by atomic mass is 32.2. The van der Waals surface area contributed by atoms with E-state index in [0.717, 1.165) is 30.9 Å². The molecule has 1 aromatic carbocycles. The van der Waals surface area contributed by atoms with Crippen LogP contribution in [0.1, 0.15) is 25.3 Å². The Morgan fingerprint density at radius 2 is 2.10 bits per heavy atom. The van der Waals surface area contributed by atoms with E-state index in [4.69, 9.17) is 4.74 Å². The van der Waals surface area contributed by atoms with Gasteiger partial charge in [0.1, 0.15) is 5.54 Å². The van der Waals surface area contributed by atoms with Crippen molar-refractivity contribution >= 4 is 17.7 Å². The molecule has 110 valence electrons. The minimum atomic E-state index is -0.497. The van der Waals surface area contributed by atoms with Gasteiger partial charge in [-0.15, -0.1) is 0 Å². The van der Waals surface area contributed by atoms with E-state index in [0.29, 0.717) is 5.92 Å². The Hall–Kier alpha value is -1.00. The smallest absolute Gasteiger partial charge is 0.327 e. The van der Waals surface area contributed by atoms with Crippen LogP contribution in [0.3, 0.4) is 0 Å². The van der Waals surface area contributed by atoms with Gasteiger partial charge in [-0.25, -0.2) is 0 Å². The van der Waals surface area contributed by atoms with E-state index in [2.05, 4.69) is 29.6 Å². The lowest BCUT2D eigenvalue weighted by atomic mass is 9.95. The second-order valence-electron chi connectivity index (χ2n) is 5.25. The molecule has 0 bridgehead atoms. The molecule has 1 aromatic rings. The molecule has 1 atom stereocenters. The molecule has 0 saturated heterocycles. The fourth-order valence-electron chi connectivity index (χ4n) is 2.59. The number of carbonyl (C=O) groups excluding carboxylic acids is 1. The van der Waals surface area contributed by atoms with E-state index in [9.17, 15) is 4.79 Å². The van der Waals surface area contributed by atoms with Crippen LogP contribution in [0.15, 0.2) is 30.3 Å². The van der Waals surface area contributed by atoms with Gasteiger partial charge >= 0.3 is 5.97 Å². The molecule has 20 heavy (non-hydrogen) atoms. The van der Waals surface area contributed by atoms with Crippen LogP contribution in [0.5, 0.6) is 0 Å². The molecule has 0 aromatic heterocycles. The van der Waals surface area contributed by atoms with Crippen molar-refractivity contribution in [2.45, 2.75) is 31.1 Å². The lowest BCUT2D eigenvalue weighted by Crippen LogP contribution is -2.56. The molecule has 4 heteroatoms. The molecule has 0 aliphatic heterocycles. The van der Waals surface area contributed by atoms with Crippen LogP contribution in [-0.4, -0.2) is 30.9 Å². The quantitative estimate of drug-likeness (QED) is 0.748. The topological polar surface area (TPSA) is 38.3 Å². The van der Waals surface area contributed by atoms with Crippen molar-refractivity contribution < 1.29 is 9.53 Å². The first-order valence-corrected chi connectivity index (χ1v) is 8.33. The predicted octanol–water partition coefficient (Wildman–Crippen LogP) is 2.85. The Bertz CT molecular complexity index is 433. The lowest BCUT2D eigenvalue weighted by Gasteiger charge is -2.31. The molecule has 1 saturated carbocycles. The summed E-state index contributed by atoms with van der Waals surface area (Å²) in [7, 11) is 1.48. The number of rotatable bonds is 8. The Morgan fingerprint density at radius 3 is 2.65 bits per heavy atom. The summed E-state index contributed by atoms with van der Waals surface area (Å²) in [4.78, 5) is 12.2. The summed E-state index contributed by atoms with van der Waals surface area (Å²) in [5, 5.41) is 3.40. The zero-order valence-electron chi connectivity index (χ0n) is 12.2. The summed E-state index contributed by atoms with van der Waals surface area (Å²) in [6.45, 7) is 2.83. The summed E-state index contributed by atoms with van der Waals surface area (Å²) in [6.07, 6.45) is 2.24. The molecule has 1 unspecified atom stereocenters. The van der Waals surface area contributed by atoms with E-state index in [1.54, 1.807) is 11.8 Å². The van der Waals surface area contributed by atoms with Crippen LogP contribution >= 0.6 is 11.8 Å². The Morgan fingerprint density at radius 1 is 1.40 bits per heavy atom. The maximum Gasteiger partial charge on any atom is 0.327 e. The molecule has 1 aliphatic rings. The van der Waals surface area contributed by atoms with Crippen molar-refractivity contribution in [2.75, 3.05) is 19.4 Å². The molecule has 0 radical (unpaired) electrons. The predicted molar refractivity (Wildman–Crippen MR) is 83.8 cm³/mol. The Labute approximate surface area is 125 Å². The number of ether oxygens (including phenoxy) is 1. The van der Waals surface area contributed by atoms with Gasteiger partial charge in [0.25, 0.3) is 0 Å². The number of likely N-dealkylation sites (N-methyl/N-ethyl adjacent to an activating group) is 1. The van der Waals surface area contributed by atoms with Crippen molar-refractivity contribution in [3.8, 4) is 0 Å². The molecule has 2 rings (SSSR count). The van der Waals surface area contributed by atoms with Gasteiger partial charge in [-0.1, -0.05) is 37.3 Å². The van der Waals surface area contributed by atoms with Crippen molar-refractivity contribution in [3.63, 3.8) is 0 Å². The molecule has 1 N–H and O–H groups in total. The highest BCUT2D eigenvalue weighted by Crippen LogP contribution is 2.42. The van der Waals surface area contributed by atoms with Crippen LogP contribution in [0.4, 0.5) is 0 Å². The summed E-state index contributed by atoms with van der Waals surface area (Å²) < 4.78 is 5.06. The maximum atomic E-state index is 12.2. The largest absolute Gasteiger partial charge is 0.468 e. The molecule has 0 heterocycles. The van der Waals surface area contributed by atoms with Gasteiger partial charge in [-0.2, -0.15) is 11.8 Å². The van der Waals surface area contributed by atoms with Crippen molar-refractivity contribution in [3.05, 3.63) is 35.9 Å². The van der Waals surface area contributed by atoms with E-state index >= 15 is 0 Å². The molecule has 0 amide bonds. The van der Waals surface area contributed by atoms with Gasteiger partial charge in [0.2, 0.25) is 0 Å². The number of hydrogen-bond acceptors (Lipinski definition) is 4. The van der Waals surface area contributed by atoms with Crippen molar-refractivity contribution in [1.29, 1.82) is 0 Å². The third kappa shape index (κ3) is 3.55. The summed E-state index contributed by atoms with van der Waals surface area (Å²) >= 11 is 1.80. The number of hydrogen-bond donors (Lipinski definition) is 1. The Balaban J connectivity index is 1.98. The first kappa shape index (κ1) is 15.4. The van der Waals surface area contributed by atoms with Gasteiger partial charge in [-0.05, 0) is 30.9 Å². The standard InChI is InChI=1S/C16H23NO2S/c1-3-17-16(14-9-10-14,15(18)19-2)12-20-11-13-7-5-4-6-8-13/h4-8,14,17H,3,9-12H2,1-2H3. The first-order valence-electron chi connectivity index (χ1n) is 7.18. The fraction of sp³-hybridized carbons (Fsp3) is 0.562. The second kappa shape index (κ2) is 7.14. The molecule has 0 spiro atoms. The molecular formula is C16H23NO2S. The minimum Gasteiger partial charge on any atom is -0.468 e. The van der Waals surface area contributed by atoms with Crippen LogP contribution in [0.2, 0.25) is 0 Å². The number of esters is 1. The number of methoxy groups -OCH3 is 1. The van der Waals surface area contributed by atoms with E-state index in [1.165, 1.54) is 12.7 Å². The minimum absolute atomic E-state index is 0.109. The van der Waals surface area contributed by atoms with Gasteiger partial charge in [0.15, 0.2) is 0 Å².